The van der Waals surface area contributed by atoms with E-state index in [1.54, 1.807) is 4.90 Å². The molecular weight excluding hydrogens is 282 g/mol. The van der Waals surface area contributed by atoms with E-state index in [0.29, 0.717) is 30.8 Å². The minimum atomic E-state index is -0.421. The summed E-state index contributed by atoms with van der Waals surface area (Å²) in [6, 6.07) is 7.08. The first-order chi connectivity index (χ1) is 10.6. The lowest BCUT2D eigenvalue weighted by Crippen LogP contribution is -2.44. The van der Waals surface area contributed by atoms with Gasteiger partial charge in [-0.05, 0) is 18.9 Å². The molecule has 3 rings (SSSR count). The molecule has 2 aliphatic heterocycles. The summed E-state index contributed by atoms with van der Waals surface area (Å²) in [6.45, 7) is 2.90. The van der Waals surface area contributed by atoms with Gasteiger partial charge in [-0.1, -0.05) is 29.8 Å². The van der Waals surface area contributed by atoms with Gasteiger partial charge >= 0.3 is 6.03 Å². The van der Waals surface area contributed by atoms with Crippen LogP contribution in [-0.2, 0) is 4.79 Å². The average Bonchev–Trinajstić information content (AvgIpc) is 2.80. The number of benzene rings is 1. The monoisotopic (exact) mass is 301 g/mol. The zero-order chi connectivity index (χ0) is 15.7. The van der Waals surface area contributed by atoms with Crippen molar-refractivity contribution in [1.82, 2.24) is 15.5 Å². The number of aryl methyl sites for hydroxylation is 1. The van der Waals surface area contributed by atoms with Crippen molar-refractivity contribution in [2.45, 2.75) is 19.4 Å². The van der Waals surface area contributed by atoms with Crippen LogP contribution in [0.15, 0.2) is 35.5 Å². The fraction of sp³-hybridized carbons (Fsp3) is 0.375. The molecule has 2 aliphatic rings. The van der Waals surface area contributed by atoms with Gasteiger partial charge in [0.25, 0.3) is 5.91 Å². The van der Waals surface area contributed by atoms with Crippen molar-refractivity contribution in [2.75, 3.05) is 19.7 Å². The third-order valence-electron chi connectivity index (χ3n) is 3.98. The molecule has 0 aromatic heterocycles. The van der Waals surface area contributed by atoms with Gasteiger partial charge in [0.1, 0.15) is 0 Å². The third-order valence-corrected chi connectivity index (χ3v) is 3.98. The quantitative estimate of drug-likeness (QED) is 0.770. The first-order valence-electron chi connectivity index (χ1n) is 7.37. The van der Waals surface area contributed by atoms with Crippen LogP contribution in [0.1, 0.15) is 23.6 Å². The lowest BCUT2D eigenvalue weighted by Gasteiger charge is -2.25. The van der Waals surface area contributed by atoms with Crippen molar-refractivity contribution in [1.29, 1.82) is 0 Å². The van der Waals surface area contributed by atoms with Crippen LogP contribution in [0.5, 0.6) is 0 Å². The van der Waals surface area contributed by atoms with Crippen LogP contribution < -0.4 is 10.6 Å². The Labute approximate surface area is 128 Å². The molecule has 0 spiro atoms. The molecule has 3 N–H and O–H groups in total. The van der Waals surface area contributed by atoms with Gasteiger partial charge in [0.2, 0.25) is 0 Å². The Balaban J connectivity index is 1.92. The first-order valence-corrected chi connectivity index (χ1v) is 7.37. The number of carbonyl (C=O) groups is 2. The lowest BCUT2D eigenvalue weighted by molar-refractivity contribution is -0.125. The molecule has 0 saturated carbocycles. The second-order valence-corrected chi connectivity index (χ2v) is 5.64. The Bertz CT molecular complexity index is 654. The molecule has 6 heteroatoms. The summed E-state index contributed by atoms with van der Waals surface area (Å²) in [5, 5.41) is 14.5. The maximum Gasteiger partial charge on any atom is 0.319 e. The molecule has 2 heterocycles. The maximum atomic E-state index is 12.6. The van der Waals surface area contributed by atoms with Gasteiger partial charge in [-0.3, -0.25) is 4.79 Å². The Hall–Kier alpha value is -2.34. The molecule has 0 saturated heterocycles. The topological polar surface area (TPSA) is 81.7 Å². The number of rotatable bonds is 4. The number of hydrogen-bond donors (Lipinski definition) is 3. The number of nitrogens with zero attached hydrogens (tertiary/aromatic N) is 1. The molecule has 116 valence electrons. The summed E-state index contributed by atoms with van der Waals surface area (Å²) in [6.07, 6.45) is 0.531. The molecular formula is C16H19N3O3. The van der Waals surface area contributed by atoms with E-state index in [4.69, 9.17) is 5.11 Å². The Morgan fingerprint density at radius 2 is 2.18 bits per heavy atom. The highest BCUT2D eigenvalue weighted by atomic mass is 16.3. The van der Waals surface area contributed by atoms with Gasteiger partial charge < -0.3 is 20.6 Å². The highest BCUT2D eigenvalue weighted by Gasteiger charge is 2.39. The van der Waals surface area contributed by atoms with Crippen LogP contribution in [0.4, 0.5) is 4.79 Å². The summed E-state index contributed by atoms with van der Waals surface area (Å²) < 4.78 is 0. The second-order valence-electron chi connectivity index (χ2n) is 5.64. The summed E-state index contributed by atoms with van der Waals surface area (Å²) >= 11 is 0. The van der Waals surface area contributed by atoms with Gasteiger partial charge in [-0.25, -0.2) is 4.79 Å². The summed E-state index contributed by atoms with van der Waals surface area (Å²) in [5.41, 5.74) is 3.25. The third kappa shape index (κ3) is 2.57. The maximum absolute atomic E-state index is 12.6. The smallest absolute Gasteiger partial charge is 0.319 e. The van der Waals surface area contributed by atoms with Crippen LogP contribution in [0.25, 0.3) is 0 Å². The minimum absolute atomic E-state index is 0.0420. The molecule has 1 unspecified atom stereocenters. The molecule has 22 heavy (non-hydrogen) atoms. The van der Waals surface area contributed by atoms with E-state index in [2.05, 4.69) is 10.6 Å². The van der Waals surface area contributed by atoms with Crippen LogP contribution in [0.2, 0.25) is 0 Å². The van der Waals surface area contributed by atoms with Gasteiger partial charge in [0.05, 0.1) is 23.9 Å². The zero-order valence-electron chi connectivity index (χ0n) is 12.4. The van der Waals surface area contributed by atoms with E-state index in [1.165, 1.54) is 0 Å². The minimum Gasteiger partial charge on any atom is -0.396 e. The Kier molecular flexibility index (Phi) is 3.85. The van der Waals surface area contributed by atoms with Crippen LogP contribution in [0, 0.1) is 6.92 Å². The molecule has 0 radical (unpaired) electrons. The largest absolute Gasteiger partial charge is 0.396 e. The SMILES string of the molecule is Cc1cccc(C2NC(=O)NC3=C2C(=O)N(CCCO)C3)c1. The highest BCUT2D eigenvalue weighted by molar-refractivity contribution is 6.01. The first kappa shape index (κ1) is 14.6. The number of aliphatic hydroxyl groups is 1. The number of nitrogens with one attached hydrogen (secondary N) is 2. The van der Waals surface area contributed by atoms with Gasteiger partial charge in [0, 0.05) is 13.2 Å². The predicted molar refractivity (Wildman–Crippen MR) is 80.9 cm³/mol. The van der Waals surface area contributed by atoms with Crippen LogP contribution in [0.3, 0.4) is 0 Å². The highest BCUT2D eigenvalue weighted by Crippen LogP contribution is 2.32. The van der Waals surface area contributed by atoms with E-state index >= 15 is 0 Å². The van der Waals surface area contributed by atoms with Crippen LogP contribution in [-0.4, -0.2) is 41.6 Å². The number of aliphatic hydroxyl groups excluding tert-OH is 1. The molecule has 0 bridgehead atoms. The van der Waals surface area contributed by atoms with Crippen molar-refractivity contribution < 1.29 is 14.7 Å². The predicted octanol–water partition coefficient (Wildman–Crippen LogP) is 0.828. The molecule has 1 aromatic rings. The number of carbonyl (C=O) groups excluding carboxylic acids is 2. The Morgan fingerprint density at radius 3 is 2.91 bits per heavy atom. The van der Waals surface area contributed by atoms with E-state index in [-0.39, 0.29) is 18.5 Å². The standard InChI is InChI=1S/C16H19N3O3/c1-10-4-2-5-11(8-10)14-13-12(17-16(22)18-14)9-19(15(13)21)6-3-7-20/h2,4-5,8,14,20H,3,6-7,9H2,1H3,(H2,17,18,22). The van der Waals surface area contributed by atoms with E-state index in [9.17, 15) is 9.59 Å². The summed E-state index contributed by atoms with van der Waals surface area (Å²) in [4.78, 5) is 26.2. The van der Waals surface area contributed by atoms with Gasteiger partial charge in [0.15, 0.2) is 0 Å². The molecule has 6 nitrogen and oxygen atoms in total. The molecule has 1 atom stereocenters. The van der Waals surface area contributed by atoms with Crippen molar-refractivity contribution in [3.8, 4) is 0 Å². The van der Waals surface area contributed by atoms with Crippen molar-refractivity contribution in [2.24, 2.45) is 0 Å². The van der Waals surface area contributed by atoms with Gasteiger partial charge in [-0.2, -0.15) is 0 Å². The van der Waals surface area contributed by atoms with E-state index < -0.39 is 6.04 Å². The van der Waals surface area contributed by atoms with Crippen molar-refractivity contribution >= 4 is 11.9 Å². The number of hydrogen-bond acceptors (Lipinski definition) is 3. The zero-order valence-corrected chi connectivity index (χ0v) is 12.4. The fourth-order valence-corrected chi connectivity index (χ4v) is 2.97. The van der Waals surface area contributed by atoms with Crippen molar-refractivity contribution in [3.63, 3.8) is 0 Å². The second kappa shape index (κ2) is 5.81. The lowest BCUT2D eigenvalue weighted by atomic mass is 9.95. The number of urea groups is 1. The number of amides is 3. The summed E-state index contributed by atoms with van der Waals surface area (Å²) in [7, 11) is 0. The average molecular weight is 301 g/mol. The van der Waals surface area contributed by atoms with Crippen LogP contribution >= 0.6 is 0 Å². The van der Waals surface area contributed by atoms with Gasteiger partial charge in [-0.15, -0.1) is 0 Å². The van der Waals surface area contributed by atoms with E-state index in [1.807, 2.05) is 31.2 Å². The molecule has 1 aromatic carbocycles. The fourth-order valence-electron chi connectivity index (χ4n) is 2.97. The summed E-state index contributed by atoms with van der Waals surface area (Å²) in [5.74, 6) is -0.0811. The van der Waals surface area contributed by atoms with Crippen molar-refractivity contribution in [3.05, 3.63) is 46.7 Å². The van der Waals surface area contributed by atoms with E-state index in [0.717, 1.165) is 11.1 Å². The Morgan fingerprint density at radius 1 is 1.36 bits per heavy atom. The molecule has 0 fully saturated rings. The molecule has 0 aliphatic carbocycles. The normalized spacial score (nSPS) is 20.8. The molecule has 3 amide bonds.